The summed E-state index contributed by atoms with van der Waals surface area (Å²) in [6, 6.07) is 0. The average Bonchev–Trinajstić information content (AvgIpc) is 2.16. The molecule has 12 heavy (non-hydrogen) atoms. The van der Waals surface area contributed by atoms with E-state index in [-0.39, 0.29) is 11.4 Å². The summed E-state index contributed by atoms with van der Waals surface area (Å²) in [7, 11) is 6.37. The lowest BCUT2D eigenvalue weighted by Gasteiger charge is -2.08. The molecule has 0 saturated heterocycles. The van der Waals surface area contributed by atoms with Gasteiger partial charge >= 0.3 is 11.4 Å². The zero-order valence-corrected chi connectivity index (χ0v) is 7.61. The third-order valence-electron chi connectivity index (χ3n) is 1.77. The van der Waals surface area contributed by atoms with E-state index in [1.54, 1.807) is 28.2 Å². The predicted octanol–water partition coefficient (Wildman–Crippen LogP) is -1.92. The molecule has 6 heteroatoms. The minimum absolute atomic E-state index is 0.340. The maximum absolute atomic E-state index is 11.3. The molecule has 0 fully saturated rings. The molecule has 0 aromatic carbocycles. The maximum Gasteiger partial charge on any atom is 0.365 e. The molecule has 0 spiro atoms. The van der Waals surface area contributed by atoms with Crippen molar-refractivity contribution in [2.45, 2.75) is 0 Å². The second kappa shape index (κ2) is 2.54. The Morgan fingerprint density at radius 2 is 1.33 bits per heavy atom. The van der Waals surface area contributed by atoms with Crippen LogP contribution in [0, 0.1) is 0 Å². The molecule has 0 unspecified atom stereocenters. The first kappa shape index (κ1) is 8.63. The molecule has 0 aliphatic heterocycles. The molecule has 1 aromatic rings. The van der Waals surface area contributed by atoms with Crippen LogP contribution in [0.25, 0.3) is 0 Å². The molecule has 0 aliphatic carbocycles. The fourth-order valence-electron chi connectivity index (χ4n) is 0.955. The molecular weight excluding hydrogens is 160 g/mol. The number of hydrogen-bond acceptors (Lipinski definition) is 3. The van der Waals surface area contributed by atoms with E-state index in [0.29, 0.717) is 0 Å². The smallest absolute Gasteiger partial charge is 0.310 e. The molecule has 0 atom stereocenters. The van der Waals surface area contributed by atoms with Crippen molar-refractivity contribution in [1.82, 2.24) is 14.0 Å². The van der Waals surface area contributed by atoms with Crippen LogP contribution in [0.2, 0.25) is 0 Å². The Morgan fingerprint density at radius 3 is 1.50 bits per heavy atom. The lowest BCUT2D eigenvalue weighted by Crippen LogP contribution is -2.42. The summed E-state index contributed by atoms with van der Waals surface area (Å²) in [5, 5.41) is 1.45. The van der Waals surface area contributed by atoms with E-state index in [2.05, 4.69) is 0 Å². The summed E-state index contributed by atoms with van der Waals surface area (Å²) in [6.45, 7) is 0. The minimum atomic E-state index is -0.340. The van der Waals surface area contributed by atoms with E-state index < -0.39 is 0 Å². The summed E-state index contributed by atoms with van der Waals surface area (Å²) >= 11 is 0. The van der Waals surface area contributed by atoms with Gasteiger partial charge in [0.2, 0.25) is 0 Å². The van der Waals surface area contributed by atoms with Crippen molar-refractivity contribution < 1.29 is 0 Å². The summed E-state index contributed by atoms with van der Waals surface area (Å²) in [6.07, 6.45) is 0. The highest BCUT2D eigenvalue weighted by molar-refractivity contribution is 4.79. The fourth-order valence-corrected chi connectivity index (χ4v) is 0.955. The quantitative estimate of drug-likeness (QED) is 0.496. The van der Waals surface area contributed by atoms with Gasteiger partial charge in [0, 0.05) is 28.2 Å². The van der Waals surface area contributed by atoms with Crippen molar-refractivity contribution >= 4 is 0 Å². The van der Waals surface area contributed by atoms with Gasteiger partial charge in [-0.2, -0.15) is 4.68 Å². The Balaban J connectivity index is 3.61. The second-order valence-corrected chi connectivity index (χ2v) is 2.77. The highest BCUT2D eigenvalue weighted by Gasteiger charge is 2.10. The molecule has 0 N–H and O–H groups in total. The van der Waals surface area contributed by atoms with Crippen molar-refractivity contribution in [2.24, 2.45) is 14.1 Å². The number of rotatable bonds is 1. The van der Waals surface area contributed by atoms with Gasteiger partial charge in [-0.3, -0.25) is 0 Å². The zero-order valence-electron chi connectivity index (χ0n) is 7.61. The standard InChI is InChI=1S/C6H12N4O2/c1-7(2)10-5(11)8(3)9(4)6(10)12/h1-4H3. The molecule has 1 aromatic heterocycles. The van der Waals surface area contributed by atoms with E-state index in [1.165, 1.54) is 14.4 Å². The van der Waals surface area contributed by atoms with Gasteiger partial charge in [0.25, 0.3) is 0 Å². The Kier molecular flexibility index (Phi) is 1.83. The molecular formula is C6H12N4O2. The third-order valence-corrected chi connectivity index (χ3v) is 1.77. The van der Waals surface area contributed by atoms with Gasteiger partial charge in [-0.1, -0.05) is 0 Å². The first-order valence-electron chi connectivity index (χ1n) is 3.49. The average molecular weight is 172 g/mol. The van der Waals surface area contributed by atoms with Crippen LogP contribution in [0.3, 0.4) is 0 Å². The van der Waals surface area contributed by atoms with E-state index in [1.807, 2.05) is 0 Å². The van der Waals surface area contributed by atoms with Gasteiger partial charge in [-0.25, -0.2) is 19.0 Å². The molecule has 0 saturated carbocycles. The topological polar surface area (TPSA) is 52.2 Å². The van der Waals surface area contributed by atoms with Gasteiger partial charge in [-0.15, -0.1) is 0 Å². The van der Waals surface area contributed by atoms with Crippen molar-refractivity contribution in [3.63, 3.8) is 0 Å². The van der Waals surface area contributed by atoms with E-state index in [9.17, 15) is 9.59 Å². The highest BCUT2D eigenvalue weighted by atomic mass is 16.2. The molecule has 0 aliphatic rings. The Morgan fingerprint density at radius 1 is 1.00 bits per heavy atom. The molecule has 1 rings (SSSR count). The van der Waals surface area contributed by atoms with Gasteiger partial charge in [0.05, 0.1) is 0 Å². The molecule has 6 nitrogen and oxygen atoms in total. The van der Waals surface area contributed by atoms with Gasteiger partial charge in [0.1, 0.15) is 0 Å². The molecule has 68 valence electrons. The van der Waals surface area contributed by atoms with Crippen LogP contribution in [0.1, 0.15) is 0 Å². The van der Waals surface area contributed by atoms with E-state index in [0.717, 1.165) is 4.68 Å². The van der Waals surface area contributed by atoms with Crippen LogP contribution in [-0.4, -0.2) is 28.1 Å². The predicted molar refractivity (Wildman–Crippen MR) is 45.0 cm³/mol. The van der Waals surface area contributed by atoms with Gasteiger partial charge in [-0.05, 0) is 0 Å². The summed E-state index contributed by atoms with van der Waals surface area (Å²) in [4.78, 5) is 22.6. The monoisotopic (exact) mass is 172 g/mol. The van der Waals surface area contributed by atoms with E-state index in [4.69, 9.17) is 0 Å². The summed E-state index contributed by atoms with van der Waals surface area (Å²) < 4.78 is 3.56. The maximum atomic E-state index is 11.3. The lowest BCUT2D eigenvalue weighted by atomic mass is 11.0. The minimum Gasteiger partial charge on any atom is -0.310 e. The van der Waals surface area contributed by atoms with Crippen molar-refractivity contribution in [3.05, 3.63) is 21.0 Å². The molecule has 0 amide bonds. The highest BCUT2D eigenvalue weighted by Crippen LogP contribution is 1.71. The summed E-state index contributed by atoms with van der Waals surface area (Å²) in [5.74, 6) is 0. The zero-order chi connectivity index (χ0) is 9.46. The van der Waals surface area contributed by atoms with Crippen LogP contribution < -0.4 is 16.4 Å². The Labute approximate surface area is 69.2 Å². The largest absolute Gasteiger partial charge is 0.365 e. The third kappa shape index (κ3) is 0.956. The van der Waals surface area contributed by atoms with Crippen molar-refractivity contribution in [3.8, 4) is 0 Å². The molecule has 1 heterocycles. The fraction of sp³-hybridized carbons (Fsp3) is 0.667. The molecule has 0 radical (unpaired) electrons. The number of hydrogen-bond donors (Lipinski definition) is 0. The van der Waals surface area contributed by atoms with Crippen LogP contribution in [0.5, 0.6) is 0 Å². The van der Waals surface area contributed by atoms with Gasteiger partial charge < -0.3 is 5.01 Å². The van der Waals surface area contributed by atoms with Crippen LogP contribution in [0.15, 0.2) is 9.59 Å². The SMILES string of the molecule is CN(C)n1c(=O)n(C)n(C)c1=O. The molecule has 0 bridgehead atoms. The summed E-state index contributed by atoms with van der Waals surface area (Å²) in [5.41, 5.74) is -0.681. The van der Waals surface area contributed by atoms with Crippen molar-refractivity contribution in [2.75, 3.05) is 19.1 Å². The number of aromatic nitrogens is 3. The Bertz CT molecular complexity index is 361. The number of nitrogens with zero attached hydrogens (tertiary/aromatic N) is 4. The second-order valence-electron chi connectivity index (χ2n) is 2.77. The first-order chi connectivity index (χ1) is 5.46. The Hall–Kier alpha value is -1.46. The van der Waals surface area contributed by atoms with Crippen LogP contribution in [0.4, 0.5) is 0 Å². The van der Waals surface area contributed by atoms with Crippen molar-refractivity contribution in [1.29, 1.82) is 0 Å². The van der Waals surface area contributed by atoms with Crippen LogP contribution in [-0.2, 0) is 14.1 Å². The normalized spacial score (nSPS) is 10.3. The van der Waals surface area contributed by atoms with Gasteiger partial charge in [0.15, 0.2) is 0 Å². The van der Waals surface area contributed by atoms with Crippen LogP contribution >= 0.6 is 0 Å². The first-order valence-corrected chi connectivity index (χ1v) is 3.49. The van der Waals surface area contributed by atoms with E-state index >= 15 is 0 Å². The lowest BCUT2D eigenvalue weighted by molar-refractivity contribution is 0.565.